The van der Waals surface area contributed by atoms with Crippen molar-refractivity contribution >= 4 is 23.3 Å². The summed E-state index contributed by atoms with van der Waals surface area (Å²) in [6.45, 7) is 3.79. The highest BCUT2D eigenvalue weighted by Gasteiger charge is 2.35. The van der Waals surface area contributed by atoms with Gasteiger partial charge in [0.1, 0.15) is 0 Å². The van der Waals surface area contributed by atoms with Gasteiger partial charge in [0.25, 0.3) is 0 Å². The van der Waals surface area contributed by atoms with Crippen LogP contribution >= 0.6 is 11.3 Å². The van der Waals surface area contributed by atoms with Gasteiger partial charge in [0.2, 0.25) is 0 Å². The number of thiazole rings is 1. The standard InChI is InChI=1S/C17H19N3O3S/c1-2-23-16(21)14-15(24-11-19-14)13-9-20(10-13)17(22)18-8-12-6-4-3-5-7-12/h3-7,11,13H,2,8-10H2,1H3,(H,18,22). The maximum absolute atomic E-state index is 12.1. The van der Waals surface area contributed by atoms with Crippen LogP contribution in [0.2, 0.25) is 0 Å². The van der Waals surface area contributed by atoms with Crippen LogP contribution < -0.4 is 5.32 Å². The molecule has 0 spiro atoms. The molecular formula is C17H19N3O3S. The fourth-order valence-corrected chi connectivity index (χ4v) is 3.45. The van der Waals surface area contributed by atoms with Crippen LogP contribution in [0.3, 0.4) is 0 Å². The molecule has 2 amide bonds. The predicted octanol–water partition coefficient (Wildman–Crippen LogP) is 2.63. The van der Waals surface area contributed by atoms with E-state index < -0.39 is 0 Å². The van der Waals surface area contributed by atoms with E-state index >= 15 is 0 Å². The molecule has 1 saturated heterocycles. The summed E-state index contributed by atoms with van der Waals surface area (Å²) in [6.07, 6.45) is 0. The molecule has 6 nitrogen and oxygen atoms in total. The number of nitrogens with zero attached hydrogens (tertiary/aromatic N) is 2. The van der Waals surface area contributed by atoms with E-state index in [9.17, 15) is 9.59 Å². The van der Waals surface area contributed by atoms with Gasteiger partial charge in [-0.1, -0.05) is 30.3 Å². The van der Waals surface area contributed by atoms with Gasteiger partial charge in [-0.05, 0) is 12.5 Å². The van der Waals surface area contributed by atoms with E-state index in [1.807, 2.05) is 30.3 Å². The van der Waals surface area contributed by atoms with Crippen molar-refractivity contribution in [1.29, 1.82) is 0 Å². The molecule has 0 saturated carbocycles. The number of carbonyl (C=O) groups is 2. The summed E-state index contributed by atoms with van der Waals surface area (Å²) in [5, 5.41) is 2.91. The minimum absolute atomic E-state index is 0.0858. The Hall–Kier alpha value is -2.41. The number of carbonyl (C=O) groups excluding carboxylic acids is 2. The maximum atomic E-state index is 12.1. The number of likely N-dealkylation sites (tertiary alicyclic amines) is 1. The van der Waals surface area contributed by atoms with Crippen molar-refractivity contribution in [3.63, 3.8) is 0 Å². The molecule has 1 aliphatic rings. The van der Waals surface area contributed by atoms with Crippen molar-refractivity contribution in [2.75, 3.05) is 19.7 Å². The molecule has 126 valence electrons. The molecule has 0 radical (unpaired) electrons. The minimum atomic E-state index is -0.388. The summed E-state index contributed by atoms with van der Waals surface area (Å²) in [6, 6.07) is 9.70. The van der Waals surface area contributed by atoms with Crippen molar-refractivity contribution in [2.24, 2.45) is 0 Å². The fourth-order valence-electron chi connectivity index (χ4n) is 2.59. The van der Waals surface area contributed by atoms with Crippen LogP contribution in [-0.2, 0) is 11.3 Å². The fraction of sp³-hybridized carbons (Fsp3) is 0.353. The second-order valence-corrected chi connectivity index (χ2v) is 6.42. The van der Waals surface area contributed by atoms with Gasteiger partial charge in [0, 0.05) is 30.4 Å². The van der Waals surface area contributed by atoms with Crippen molar-refractivity contribution in [3.05, 3.63) is 52.0 Å². The van der Waals surface area contributed by atoms with E-state index in [0.29, 0.717) is 31.9 Å². The normalized spacial score (nSPS) is 14.1. The highest BCUT2D eigenvalue weighted by atomic mass is 32.1. The summed E-state index contributed by atoms with van der Waals surface area (Å²) < 4.78 is 5.02. The summed E-state index contributed by atoms with van der Waals surface area (Å²) in [7, 11) is 0. The number of ether oxygens (including phenoxy) is 1. The average molecular weight is 345 g/mol. The first kappa shape index (κ1) is 16.4. The molecule has 24 heavy (non-hydrogen) atoms. The van der Waals surface area contributed by atoms with Crippen molar-refractivity contribution < 1.29 is 14.3 Å². The highest BCUT2D eigenvalue weighted by molar-refractivity contribution is 7.10. The first-order valence-corrected chi connectivity index (χ1v) is 8.74. The molecule has 1 fully saturated rings. The van der Waals surface area contributed by atoms with E-state index in [-0.39, 0.29) is 17.9 Å². The molecule has 2 heterocycles. The summed E-state index contributed by atoms with van der Waals surface area (Å²) in [5.41, 5.74) is 3.10. The Balaban J connectivity index is 1.51. The number of benzene rings is 1. The Labute approximate surface area is 144 Å². The molecule has 0 aliphatic carbocycles. The SMILES string of the molecule is CCOC(=O)c1ncsc1C1CN(C(=O)NCc2ccccc2)C1. The zero-order valence-corrected chi connectivity index (χ0v) is 14.2. The van der Waals surface area contributed by atoms with Crippen molar-refractivity contribution in [1.82, 2.24) is 15.2 Å². The molecule has 1 aromatic carbocycles. The lowest BCUT2D eigenvalue weighted by atomic mass is 9.97. The van der Waals surface area contributed by atoms with Crippen LogP contribution in [0.1, 0.15) is 33.8 Å². The van der Waals surface area contributed by atoms with Crippen LogP contribution in [0.25, 0.3) is 0 Å². The lowest BCUT2D eigenvalue weighted by Gasteiger charge is -2.38. The van der Waals surface area contributed by atoms with E-state index in [4.69, 9.17) is 4.74 Å². The smallest absolute Gasteiger partial charge is 0.358 e. The van der Waals surface area contributed by atoms with Crippen LogP contribution in [0.15, 0.2) is 35.8 Å². The van der Waals surface area contributed by atoms with Crippen LogP contribution in [0, 0.1) is 0 Å². The summed E-state index contributed by atoms with van der Waals surface area (Å²) in [5.74, 6) is -0.236. The Kier molecular flexibility index (Phi) is 5.10. The molecule has 1 aliphatic heterocycles. The van der Waals surface area contributed by atoms with Gasteiger partial charge in [0.05, 0.1) is 12.1 Å². The number of urea groups is 1. The second kappa shape index (κ2) is 7.44. The Morgan fingerprint density at radius 2 is 2.08 bits per heavy atom. The Morgan fingerprint density at radius 1 is 1.33 bits per heavy atom. The van der Waals surface area contributed by atoms with Gasteiger partial charge in [0.15, 0.2) is 5.69 Å². The number of esters is 1. The minimum Gasteiger partial charge on any atom is -0.461 e. The van der Waals surface area contributed by atoms with E-state index in [1.165, 1.54) is 11.3 Å². The number of hydrogen-bond acceptors (Lipinski definition) is 5. The van der Waals surface area contributed by atoms with Crippen molar-refractivity contribution in [3.8, 4) is 0 Å². The monoisotopic (exact) mass is 345 g/mol. The summed E-state index contributed by atoms with van der Waals surface area (Å²) >= 11 is 1.44. The summed E-state index contributed by atoms with van der Waals surface area (Å²) in [4.78, 5) is 30.8. The van der Waals surface area contributed by atoms with Gasteiger partial charge in [-0.3, -0.25) is 0 Å². The Morgan fingerprint density at radius 3 is 2.79 bits per heavy atom. The van der Waals surface area contributed by atoms with Crippen LogP contribution in [0.5, 0.6) is 0 Å². The number of amides is 2. The van der Waals surface area contributed by atoms with E-state index in [2.05, 4.69) is 10.3 Å². The van der Waals surface area contributed by atoms with Gasteiger partial charge in [-0.25, -0.2) is 14.6 Å². The van der Waals surface area contributed by atoms with Gasteiger partial charge < -0.3 is 15.0 Å². The third-order valence-electron chi connectivity index (χ3n) is 3.89. The topological polar surface area (TPSA) is 71.5 Å². The average Bonchev–Trinajstić information content (AvgIpc) is 3.02. The Bertz CT molecular complexity index is 711. The molecule has 2 aromatic rings. The molecule has 0 unspecified atom stereocenters. The number of hydrogen-bond donors (Lipinski definition) is 1. The highest BCUT2D eigenvalue weighted by Crippen LogP contribution is 2.32. The number of rotatable bonds is 5. The third-order valence-corrected chi connectivity index (χ3v) is 4.88. The molecule has 7 heteroatoms. The number of aromatic nitrogens is 1. The maximum Gasteiger partial charge on any atom is 0.358 e. The quantitative estimate of drug-likeness (QED) is 0.846. The molecule has 1 N–H and O–H groups in total. The largest absolute Gasteiger partial charge is 0.461 e. The first-order chi connectivity index (χ1) is 11.7. The van der Waals surface area contributed by atoms with Gasteiger partial charge in [-0.15, -0.1) is 11.3 Å². The molecule has 3 rings (SSSR count). The molecule has 0 bridgehead atoms. The molecule has 0 atom stereocenters. The van der Waals surface area contributed by atoms with Gasteiger partial charge >= 0.3 is 12.0 Å². The molecule has 1 aromatic heterocycles. The zero-order valence-electron chi connectivity index (χ0n) is 13.4. The second-order valence-electron chi connectivity index (χ2n) is 5.53. The van der Waals surface area contributed by atoms with Crippen LogP contribution in [-0.4, -0.2) is 41.6 Å². The lowest BCUT2D eigenvalue weighted by molar-refractivity contribution is 0.0517. The van der Waals surface area contributed by atoms with E-state index in [1.54, 1.807) is 17.3 Å². The van der Waals surface area contributed by atoms with Crippen molar-refractivity contribution in [2.45, 2.75) is 19.4 Å². The molecular weight excluding hydrogens is 326 g/mol. The van der Waals surface area contributed by atoms with Gasteiger partial charge in [-0.2, -0.15) is 0 Å². The lowest BCUT2D eigenvalue weighted by Crippen LogP contribution is -2.52. The van der Waals surface area contributed by atoms with Crippen LogP contribution in [0.4, 0.5) is 4.79 Å². The number of nitrogens with one attached hydrogen (secondary N) is 1. The van der Waals surface area contributed by atoms with E-state index in [0.717, 1.165) is 10.4 Å². The zero-order chi connectivity index (χ0) is 16.9. The first-order valence-electron chi connectivity index (χ1n) is 7.86. The predicted molar refractivity (Wildman–Crippen MR) is 91.1 cm³/mol. The third kappa shape index (κ3) is 3.56.